The Morgan fingerprint density at radius 1 is 1.10 bits per heavy atom. The van der Waals surface area contributed by atoms with E-state index >= 15 is 0 Å². The average Bonchev–Trinajstić information content (AvgIpc) is 2.99. The number of amides is 1. The van der Waals surface area contributed by atoms with Crippen molar-refractivity contribution in [2.24, 2.45) is 0 Å². The highest BCUT2D eigenvalue weighted by molar-refractivity contribution is 6.47. The Balaban J connectivity index is 1.89. The molecular formula is C24H18Cl2N2O3. The van der Waals surface area contributed by atoms with Crippen LogP contribution in [0, 0.1) is 6.92 Å². The fourth-order valence-corrected chi connectivity index (χ4v) is 4.16. The van der Waals surface area contributed by atoms with Crippen LogP contribution in [-0.4, -0.2) is 26.7 Å². The molecule has 1 aromatic heterocycles. The molecule has 0 radical (unpaired) electrons. The number of aliphatic hydroxyl groups excluding tert-OH is 1. The Morgan fingerprint density at radius 3 is 2.48 bits per heavy atom. The lowest BCUT2D eigenvalue weighted by molar-refractivity contribution is -0.140. The molecule has 156 valence electrons. The number of benzene rings is 2. The van der Waals surface area contributed by atoms with Gasteiger partial charge >= 0.3 is 0 Å². The van der Waals surface area contributed by atoms with E-state index in [1.54, 1.807) is 48.8 Å². The lowest BCUT2D eigenvalue weighted by atomic mass is 9.95. The highest BCUT2D eigenvalue weighted by atomic mass is 35.5. The van der Waals surface area contributed by atoms with Crippen molar-refractivity contribution in [2.45, 2.75) is 19.5 Å². The van der Waals surface area contributed by atoms with E-state index in [9.17, 15) is 14.7 Å². The minimum Gasteiger partial charge on any atom is -0.507 e. The Kier molecular flexibility index (Phi) is 5.81. The van der Waals surface area contributed by atoms with Gasteiger partial charge in [0.2, 0.25) is 0 Å². The van der Waals surface area contributed by atoms with Crippen molar-refractivity contribution in [2.75, 3.05) is 0 Å². The first-order chi connectivity index (χ1) is 14.9. The summed E-state index contributed by atoms with van der Waals surface area (Å²) >= 11 is 12.5. The normalized spacial score (nSPS) is 17.9. The van der Waals surface area contributed by atoms with E-state index in [4.69, 9.17) is 23.2 Å². The van der Waals surface area contributed by atoms with Crippen molar-refractivity contribution in [3.63, 3.8) is 0 Å². The van der Waals surface area contributed by atoms with Crippen LogP contribution in [0.3, 0.4) is 0 Å². The van der Waals surface area contributed by atoms with Crippen LogP contribution >= 0.6 is 23.2 Å². The molecule has 1 amide bonds. The van der Waals surface area contributed by atoms with Crippen LogP contribution in [0.25, 0.3) is 5.76 Å². The van der Waals surface area contributed by atoms with Crippen molar-refractivity contribution >= 4 is 40.7 Å². The second-order valence-corrected chi connectivity index (χ2v) is 8.16. The minimum absolute atomic E-state index is 0.0121. The molecule has 1 aliphatic heterocycles. The van der Waals surface area contributed by atoms with Crippen molar-refractivity contribution in [3.05, 3.63) is 105 Å². The van der Waals surface area contributed by atoms with Gasteiger partial charge < -0.3 is 10.0 Å². The summed E-state index contributed by atoms with van der Waals surface area (Å²) in [6, 6.07) is 14.6. The number of carbonyl (C=O) groups excluding carboxylic acids is 2. The molecule has 3 aromatic rings. The van der Waals surface area contributed by atoms with Gasteiger partial charge in [-0.1, -0.05) is 65.2 Å². The summed E-state index contributed by atoms with van der Waals surface area (Å²) in [5.41, 5.74) is 2.69. The summed E-state index contributed by atoms with van der Waals surface area (Å²) in [6.07, 6.45) is 3.25. The Morgan fingerprint density at radius 2 is 1.84 bits per heavy atom. The largest absolute Gasteiger partial charge is 0.507 e. The molecule has 2 heterocycles. The number of hydrogen-bond donors (Lipinski definition) is 1. The van der Waals surface area contributed by atoms with Gasteiger partial charge in [0.1, 0.15) is 5.76 Å². The molecule has 7 heteroatoms. The predicted octanol–water partition coefficient (Wildman–Crippen LogP) is 5.32. The molecule has 1 unspecified atom stereocenters. The van der Waals surface area contributed by atoms with E-state index in [2.05, 4.69) is 4.98 Å². The summed E-state index contributed by atoms with van der Waals surface area (Å²) in [7, 11) is 0. The summed E-state index contributed by atoms with van der Waals surface area (Å²) < 4.78 is 0. The maximum atomic E-state index is 13.1. The number of carbonyl (C=O) groups is 2. The maximum Gasteiger partial charge on any atom is 0.295 e. The zero-order valence-electron chi connectivity index (χ0n) is 16.5. The number of halogens is 2. The Bertz CT molecular complexity index is 1190. The van der Waals surface area contributed by atoms with Gasteiger partial charge in [0.15, 0.2) is 0 Å². The highest BCUT2D eigenvalue weighted by Gasteiger charge is 2.46. The number of likely N-dealkylation sites (tertiary alicyclic amines) is 1. The molecule has 0 spiro atoms. The highest BCUT2D eigenvalue weighted by Crippen LogP contribution is 2.43. The summed E-state index contributed by atoms with van der Waals surface area (Å²) in [6.45, 7) is 2.05. The fourth-order valence-electron chi connectivity index (χ4n) is 3.64. The van der Waals surface area contributed by atoms with Gasteiger partial charge in [0.25, 0.3) is 11.7 Å². The molecule has 2 aromatic carbocycles. The summed E-state index contributed by atoms with van der Waals surface area (Å²) in [5.74, 6) is -1.73. The second-order valence-electron chi connectivity index (χ2n) is 7.32. The van der Waals surface area contributed by atoms with E-state index in [1.165, 1.54) is 4.90 Å². The van der Waals surface area contributed by atoms with E-state index in [0.29, 0.717) is 21.2 Å². The zero-order valence-corrected chi connectivity index (χ0v) is 18.1. The van der Waals surface area contributed by atoms with Crippen LogP contribution in [-0.2, 0) is 16.1 Å². The molecule has 0 saturated carbocycles. The number of aromatic nitrogens is 1. The third-order valence-corrected chi connectivity index (χ3v) is 5.76. The molecule has 1 aliphatic rings. The third-order valence-electron chi connectivity index (χ3n) is 5.20. The molecule has 1 atom stereocenters. The molecular weight excluding hydrogens is 435 g/mol. The topological polar surface area (TPSA) is 70.5 Å². The fraction of sp³-hybridized carbons (Fsp3) is 0.125. The molecule has 1 fully saturated rings. The molecule has 0 aliphatic carbocycles. The van der Waals surface area contributed by atoms with Crippen LogP contribution in [0.2, 0.25) is 10.0 Å². The van der Waals surface area contributed by atoms with Crippen molar-refractivity contribution in [1.29, 1.82) is 0 Å². The number of ketones is 1. The first-order valence-electron chi connectivity index (χ1n) is 9.56. The Labute approximate surface area is 189 Å². The number of nitrogens with zero attached hydrogens (tertiary/aromatic N) is 2. The standard InChI is InChI=1S/C24H18Cl2N2O3/c1-14-4-6-16(7-5-14)22(29)20-21(18-9-8-17(25)11-19(18)26)28(24(31)23(20)30)13-15-3-2-10-27-12-15/h2-12,21,29H,13H2,1H3/b22-20+. The minimum atomic E-state index is -0.869. The van der Waals surface area contributed by atoms with Crippen molar-refractivity contribution in [3.8, 4) is 0 Å². The molecule has 1 N–H and O–H groups in total. The predicted molar refractivity (Wildman–Crippen MR) is 120 cm³/mol. The van der Waals surface area contributed by atoms with Gasteiger partial charge in [-0.2, -0.15) is 0 Å². The van der Waals surface area contributed by atoms with Gasteiger partial charge in [-0.25, -0.2) is 0 Å². The van der Waals surface area contributed by atoms with Gasteiger partial charge in [-0.05, 0) is 36.2 Å². The SMILES string of the molecule is Cc1ccc(/C(O)=C2\C(=O)C(=O)N(Cc3cccnc3)C2c2ccc(Cl)cc2Cl)cc1. The molecule has 4 rings (SSSR count). The van der Waals surface area contributed by atoms with Crippen LogP contribution in [0.1, 0.15) is 28.3 Å². The van der Waals surface area contributed by atoms with Gasteiger partial charge in [-0.3, -0.25) is 14.6 Å². The number of Topliss-reactive ketones (excluding diaryl/α,β-unsaturated/α-hetero) is 1. The smallest absolute Gasteiger partial charge is 0.295 e. The van der Waals surface area contributed by atoms with E-state index < -0.39 is 17.7 Å². The van der Waals surface area contributed by atoms with Crippen LogP contribution in [0.15, 0.2) is 72.6 Å². The van der Waals surface area contributed by atoms with Gasteiger partial charge in [0.05, 0.1) is 11.6 Å². The molecule has 31 heavy (non-hydrogen) atoms. The molecule has 0 bridgehead atoms. The molecule has 1 saturated heterocycles. The lowest BCUT2D eigenvalue weighted by Crippen LogP contribution is -2.29. The number of hydrogen-bond acceptors (Lipinski definition) is 4. The maximum absolute atomic E-state index is 13.1. The van der Waals surface area contributed by atoms with Crippen LogP contribution in [0.5, 0.6) is 0 Å². The van der Waals surface area contributed by atoms with Crippen LogP contribution < -0.4 is 0 Å². The zero-order chi connectivity index (χ0) is 22.1. The van der Waals surface area contributed by atoms with Gasteiger partial charge in [-0.15, -0.1) is 0 Å². The van der Waals surface area contributed by atoms with E-state index in [1.807, 2.05) is 25.1 Å². The van der Waals surface area contributed by atoms with Gasteiger partial charge in [0, 0.05) is 34.5 Å². The first kappa shape index (κ1) is 21.1. The summed E-state index contributed by atoms with van der Waals surface area (Å²) in [5, 5.41) is 11.8. The van der Waals surface area contributed by atoms with E-state index in [-0.39, 0.29) is 17.9 Å². The van der Waals surface area contributed by atoms with Crippen molar-refractivity contribution in [1.82, 2.24) is 9.88 Å². The second kappa shape index (κ2) is 8.53. The van der Waals surface area contributed by atoms with Crippen molar-refractivity contribution < 1.29 is 14.7 Å². The number of pyridine rings is 1. The quantitative estimate of drug-likeness (QED) is 0.330. The number of aliphatic hydroxyl groups is 1. The number of rotatable bonds is 4. The molecule has 5 nitrogen and oxygen atoms in total. The average molecular weight is 453 g/mol. The van der Waals surface area contributed by atoms with Crippen LogP contribution in [0.4, 0.5) is 0 Å². The summed E-state index contributed by atoms with van der Waals surface area (Å²) in [4.78, 5) is 31.5. The first-order valence-corrected chi connectivity index (χ1v) is 10.3. The third kappa shape index (κ3) is 4.07. The monoisotopic (exact) mass is 452 g/mol. The van der Waals surface area contributed by atoms with E-state index in [0.717, 1.165) is 11.1 Å². The lowest BCUT2D eigenvalue weighted by Gasteiger charge is -2.26. The Hall–Kier alpha value is -3.15. The number of aryl methyl sites for hydroxylation is 1.